The van der Waals surface area contributed by atoms with Crippen molar-refractivity contribution >= 4 is 5.91 Å². The number of rotatable bonds is 8. The summed E-state index contributed by atoms with van der Waals surface area (Å²) in [6, 6.07) is 14.7. The molecule has 1 atom stereocenters. The zero-order valence-corrected chi connectivity index (χ0v) is 12.7. The number of halogens is 1. The Hall–Kier alpha value is -2.40. The molecule has 0 heterocycles. The van der Waals surface area contributed by atoms with Crippen molar-refractivity contribution in [3.8, 4) is 5.75 Å². The summed E-state index contributed by atoms with van der Waals surface area (Å²) in [4.78, 5) is 11.9. The van der Waals surface area contributed by atoms with Crippen LogP contribution in [-0.4, -0.2) is 24.2 Å². The lowest BCUT2D eigenvalue weighted by molar-refractivity contribution is -0.122. The van der Waals surface area contributed by atoms with E-state index in [1.54, 1.807) is 12.1 Å². The van der Waals surface area contributed by atoms with Gasteiger partial charge >= 0.3 is 0 Å². The number of aliphatic hydroxyl groups is 1. The first-order valence-corrected chi connectivity index (χ1v) is 7.52. The fraction of sp³-hybridized carbons (Fsp3) is 0.278. The molecular formula is C18H20FNO3. The minimum absolute atomic E-state index is 0.143. The average molecular weight is 317 g/mol. The van der Waals surface area contributed by atoms with Crippen molar-refractivity contribution in [3.05, 3.63) is 66.0 Å². The molecule has 1 unspecified atom stereocenters. The van der Waals surface area contributed by atoms with Crippen LogP contribution < -0.4 is 10.1 Å². The third-order valence-electron chi connectivity index (χ3n) is 3.35. The van der Waals surface area contributed by atoms with Gasteiger partial charge in [0.1, 0.15) is 11.6 Å². The monoisotopic (exact) mass is 317 g/mol. The van der Waals surface area contributed by atoms with Crippen LogP contribution >= 0.6 is 0 Å². The summed E-state index contributed by atoms with van der Waals surface area (Å²) in [5.74, 6) is 0.118. The van der Waals surface area contributed by atoms with Crippen LogP contribution in [0.25, 0.3) is 0 Å². The molecule has 4 nitrogen and oxygen atoms in total. The van der Waals surface area contributed by atoms with E-state index in [2.05, 4.69) is 5.32 Å². The van der Waals surface area contributed by atoms with Crippen LogP contribution in [-0.2, 0) is 4.79 Å². The SMILES string of the molecule is O=C(CCCOc1ccc(F)cc1)NC(CO)c1ccccc1. The minimum Gasteiger partial charge on any atom is -0.494 e. The van der Waals surface area contributed by atoms with E-state index in [0.29, 0.717) is 25.2 Å². The highest BCUT2D eigenvalue weighted by Crippen LogP contribution is 2.13. The van der Waals surface area contributed by atoms with Gasteiger partial charge in [-0.2, -0.15) is 0 Å². The maximum Gasteiger partial charge on any atom is 0.220 e. The molecule has 0 fully saturated rings. The molecule has 0 aliphatic carbocycles. The molecule has 0 spiro atoms. The van der Waals surface area contributed by atoms with E-state index in [1.165, 1.54) is 12.1 Å². The second-order valence-electron chi connectivity index (χ2n) is 5.12. The van der Waals surface area contributed by atoms with E-state index >= 15 is 0 Å². The van der Waals surface area contributed by atoms with E-state index in [4.69, 9.17) is 4.74 Å². The summed E-state index contributed by atoms with van der Waals surface area (Å²) in [6.45, 7) is 0.218. The van der Waals surface area contributed by atoms with Gasteiger partial charge in [-0.05, 0) is 36.2 Å². The van der Waals surface area contributed by atoms with Gasteiger partial charge in [-0.3, -0.25) is 4.79 Å². The van der Waals surface area contributed by atoms with Gasteiger partial charge < -0.3 is 15.2 Å². The summed E-state index contributed by atoms with van der Waals surface area (Å²) in [5, 5.41) is 12.2. The Morgan fingerprint density at radius 1 is 1.13 bits per heavy atom. The molecule has 2 aromatic rings. The third-order valence-corrected chi connectivity index (χ3v) is 3.35. The Morgan fingerprint density at radius 2 is 1.83 bits per heavy atom. The molecule has 0 radical (unpaired) electrons. The Bertz CT molecular complexity index is 601. The highest BCUT2D eigenvalue weighted by molar-refractivity contribution is 5.76. The lowest BCUT2D eigenvalue weighted by Crippen LogP contribution is -2.30. The smallest absolute Gasteiger partial charge is 0.220 e. The van der Waals surface area contributed by atoms with Gasteiger partial charge in [-0.25, -0.2) is 4.39 Å². The quantitative estimate of drug-likeness (QED) is 0.736. The molecule has 0 saturated carbocycles. The first-order chi connectivity index (χ1) is 11.2. The molecule has 2 aromatic carbocycles. The standard InChI is InChI=1S/C18H20FNO3/c19-15-8-10-16(11-9-15)23-12-4-7-18(22)20-17(13-21)14-5-2-1-3-6-14/h1-3,5-6,8-11,17,21H,4,7,12-13H2,(H,20,22). The summed E-state index contributed by atoms with van der Waals surface area (Å²) < 4.78 is 18.2. The molecule has 1 amide bonds. The third kappa shape index (κ3) is 5.71. The molecule has 0 saturated heterocycles. The Kier molecular flexibility index (Phi) is 6.56. The van der Waals surface area contributed by atoms with Crippen LogP contribution in [0.15, 0.2) is 54.6 Å². The lowest BCUT2D eigenvalue weighted by Gasteiger charge is -2.16. The van der Waals surface area contributed by atoms with Gasteiger partial charge in [0.15, 0.2) is 0 Å². The van der Waals surface area contributed by atoms with Gasteiger partial charge in [-0.15, -0.1) is 0 Å². The molecule has 122 valence electrons. The van der Waals surface area contributed by atoms with Crippen LogP contribution in [0.1, 0.15) is 24.4 Å². The van der Waals surface area contributed by atoms with Crippen LogP contribution in [0.3, 0.4) is 0 Å². The fourth-order valence-corrected chi connectivity index (χ4v) is 2.14. The summed E-state index contributed by atoms with van der Waals surface area (Å²) in [5.41, 5.74) is 0.867. The molecule has 0 aliphatic rings. The Morgan fingerprint density at radius 3 is 2.48 bits per heavy atom. The number of carbonyl (C=O) groups is 1. The fourth-order valence-electron chi connectivity index (χ4n) is 2.14. The summed E-state index contributed by atoms with van der Waals surface area (Å²) in [6.07, 6.45) is 0.834. The van der Waals surface area contributed by atoms with Crippen molar-refractivity contribution in [2.75, 3.05) is 13.2 Å². The van der Waals surface area contributed by atoms with E-state index in [0.717, 1.165) is 5.56 Å². The number of hydrogen-bond donors (Lipinski definition) is 2. The molecule has 0 aromatic heterocycles. The van der Waals surface area contributed by atoms with Gasteiger partial charge in [-0.1, -0.05) is 30.3 Å². The van der Waals surface area contributed by atoms with Crippen LogP contribution in [0.5, 0.6) is 5.75 Å². The molecule has 23 heavy (non-hydrogen) atoms. The van der Waals surface area contributed by atoms with Crippen LogP contribution in [0, 0.1) is 5.82 Å². The van der Waals surface area contributed by atoms with Crippen LogP contribution in [0.4, 0.5) is 4.39 Å². The summed E-state index contributed by atoms with van der Waals surface area (Å²) >= 11 is 0. The van der Waals surface area contributed by atoms with Crippen molar-refractivity contribution in [3.63, 3.8) is 0 Å². The summed E-state index contributed by atoms with van der Waals surface area (Å²) in [7, 11) is 0. The maximum atomic E-state index is 12.7. The second kappa shape index (κ2) is 8.90. The maximum absolute atomic E-state index is 12.7. The topological polar surface area (TPSA) is 58.6 Å². The van der Waals surface area contributed by atoms with Gasteiger partial charge in [0.2, 0.25) is 5.91 Å². The Labute approximate surface area is 134 Å². The normalized spacial score (nSPS) is 11.7. The largest absolute Gasteiger partial charge is 0.494 e. The highest BCUT2D eigenvalue weighted by atomic mass is 19.1. The predicted molar refractivity (Wildman–Crippen MR) is 85.5 cm³/mol. The van der Waals surface area contributed by atoms with Crippen LogP contribution in [0.2, 0.25) is 0 Å². The molecule has 0 bridgehead atoms. The van der Waals surface area contributed by atoms with Crippen molar-refractivity contribution < 1.29 is 19.0 Å². The molecular weight excluding hydrogens is 297 g/mol. The van der Waals surface area contributed by atoms with Crippen molar-refractivity contribution in [2.24, 2.45) is 0 Å². The number of aliphatic hydroxyl groups excluding tert-OH is 1. The predicted octanol–water partition coefficient (Wildman–Crippen LogP) is 2.83. The Balaban J connectivity index is 1.71. The number of amides is 1. The first kappa shape index (κ1) is 17.0. The molecule has 2 rings (SSSR count). The van der Waals surface area contributed by atoms with Gasteiger partial charge in [0.25, 0.3) is 0 Å². The number of hydrogen-bond acceptors (Lipinski definition) is 3. The minimum atomic E-state index is -0.401. The van der Waals surface area contributed by atoms with E-state index in [9.17, 15) is 14.3 Å². The number of carbonyl (C=O) groups excluding carboxylic acids is 1. The highest BCUT2D eigenvalue weighted by Gasteiger charge is 2.12. The zero-order valence-electron chi connectivity index (χ0n) is 12.7. The van der Waals surface area contributed by atoms with Crippen molar-refractivity contribution in [1.82, 2.24) is 5.32 Å². The molecule has 5 heteroatoms. The number of nitrogens with one attached hydrogen (secondary N) is 1. The van der Waals surface area contributed by atoms with Crippen molar-refractivity contribution in [1.29, 1.82) is 0 Å². The average Bonchev–Trinajstić information content (AvgIpc) is 2.59. The van der Waals surface area contributed by atoms with Crippen molar-refractivity contribution in [2.45, 2.75) is 18.9 Å². The lowest BCUT2D eigenvalue weighted by atomic mass is 10.1. The van der Waals surface area contributed by atoms with E-state index < -0.39 is 6.04 Å². The number of ether oxygens (including phenoxy) is 1. The first-order valence-electron chi connectivity index (χ1n) is 7.52. The molecule has 0 aliphatic heterocycles. The van der Waals surface area contributed by atoms with E-state index in [1.807, 2.05) is 30.3 Å². The zero-order chi connectivity index (χ0) is 16.5. The molecule has 2 N–H and O–H groups in total. The van der Waals surface area contributed by atoms with E-state index in [-0.39, 0.29) is 18.3 Å². The van der Waals surface area contributed by atoms with Gasteiger partial charge in [0.05, 0.1) is 19.3 Å². The second-order valence-corrected chi connectivity index (χ2v) is 5.12. The van der Waals surface area contributed by atoms with Gasteiger partial charge in [0, 0.05) is 6.42 Å². The number of benzene rings is 2.